The maximum Gasteiger partial charge on any atom is 0.410 e. The summed E-state index contributed by atoms with van der Waals surface area (Å²) in [7, 11) is -3.11. The lowest BCUT2D eigenvalue weighted by atomic mass is 10.1. The summed E-state index contributed by atoms with van der Waals surface area (Å²) in [6.45, 7) is 20.2. The second-order valence-corrected chi connectivity index (χ2v) is 33.6. The molecule has 3 amide bonds. The van der Waals surface area contributed by atoms with Gasteiger partial charge in [0.1, 0.15) is 30.7 Å². The van der Waals surface area contributed by atoms with Crippen molar-refractivity contribution >= 4 is 154 Å². The number of fused-ring (bicyclic) bond motifs is 2. The molecule has 3 N–H and O–H groups in total. The van der Waals surface area contributed by atoms with E-state index in [2.05, 4.69) is 55.6 Å². The van der Waals surface area contributed by atoms with Crippen LogP contribution in [0.1, 0.15) is 80.2 Å². The van der Waals surface area contributed by atoms with Crippen LogP contribution in [0.3, 0.4) is 0 Å². The topological polar surface area (TPSA) is 335 Å². The lowest BCUT2D eigenvalue weighted by molar-refractivity contribution is 0.0223. The quantitative estimate of drug-likeness (QED) is 0.0470. The van der Waals surface area contributed by atoms with E-state index in [1.54, 1.807) is 39.5 Å². The van der Waals surface area contributed by atoms with E-state index >= 15 is 0 Å². The van der Waals surface area contributed by atoms with Gasteiger partial charge in [-0.05, 0) is 103 Å². The molecule has 8 heterocycles. The lowest BCUT2D eigenvalue weighted by Crippen LogP contribution is -2.50. The van der Waals surface area contributed by atoms with Gasteiger partial charge in [0.15, 0.2) is 19.3 Å². The molecule has 0 unspecified atom stereocenters. The van der Waals surface area contributed by atoms with Crippen molar-refractivity contribution < 1.29 is 74.5 Å². The zero-order chi connectivity index (χ0) is 73.2. The first-order chi connectivity index (χ1) is 48.0. The van der Waals surface area contributed by atoms with Gasteiger partial charge in [-0.15, -0.1) is 11.3 Å². The molecular weight excluding hydrogens is 1490 g/mol. The number of hydroxylamine groups is 1. The third kappa shape index (κ3) is 22.0. The number of anilines is 3. The number of carbonyl (C=O) groups excluding carboxylic acids is 6. The maximum absolute atomic E-state index is 13.0. The lowest BCUT2D eigenvalue weighted by Gasteiger charge is -2.35. The number of nitrogens with one attached hydrogen (secondary N) is 2. The van der Waals surface area contributed by atoms with Gasteiger partial charge < -0.3 is 53.5 Å². The Bertz CT molecular complexity index is 4200. The second-order valence-electron chi connectivity index (χ2n) is 24.4. The standard InChI is InChI=1S/C19H19N3O4S2.C18H18N4O4S2.C14H21N3O4S.C9H18N2O2.C5H4BrNO2S/c1-26-18(23)17-13-20-19(27-17)21-8-10-22(11-9-21)28(24,25)16-7-6-14-4-2-3-5-15(14)12-16;23-17(20-24)16-12-19-18(27-16)21-7-9-22(10-8-21)28(25,26)15-6-5-13-3-1-2-4-14(13)11-15;1-14(2,3)21-13(19)17-7-5-16(6-8-17)12-15-9-10(22-12)11(18)20-4;1-9(2,3)13-8(12)11-6-4-10-5-7-11;1-9-4(8)3-2-7-5(6)10-3/h2-7,12-13H,8-11H2,1H3;1-6,11-12,24H,7-10H2,(H,20,23);9H,5-8H2,1-4H3;10H,4-7H2,1-3H3;2H,1H3. The van der Waals surface area contributed by atoms with E-state index in [4.69, 9.17) is 19.4 Å². The number of methoxy groups -OCH3 is 3. The third-order valence-electron chi connectivity index (χ3n) is 15.1. The molecule has 4 aromatic heterocycles. The molecule has 36 heteroatoms. The number of thiazole rings is 4. The Morgan fingerprint density at radius 3 is 1.16 bits per heavy atom. The van der Waals surface area contributed by atoms with Crippen LogP contribution >= 0.6 is 61.3 Å². The van der Waals surface area contributed by atoms with Crippen molar-refractivity contribution in [3.63, 3.8) is 0 Å². The number of ether oxygens (including phenoxy) is 5. The Hall–Kier alpha value is -8.04. The highest BCUT2D eigenvalue weighted by Crippen LogP contribution is 2.31. The summed E-state index contributed by atoms with van der Waals surface area (Å²) < 4.78 is 80.2. The summed E-state index contributed by atoms with van der Waals surface area (Å²) >= 11 is 8.08. The van der Waals surface area contributed by atoms with Gasteiger partial charge in [-0.2, -0.15) is 8.61 Å². The number of benzene rings is 4. The highest BCUT2D eigenvalue weighted by Gasteiger charge is 2.33. The predicted octanol–water partition coefficient (Wildman–Crippen LogP) is 9.03. The van der Waals surface area contributed by atoms with Gasteiger partial charge in [0, 0.05) is 105 Å². The number of sulfonamides is 2. The van der Waals surface area contributed by atoms with Crippen LogP contribution in [-0.2, 0) is 43.7 Å². The molecule has 4 aromatic carbocycles. The van der Waals surface area contributed by atoms with Crippen molar-refractivity contribution in [2.24, 2.45) is 0 Å². The van der Waals surface area contributed by atoms with Gasteiger partial charge in [-0.25, -0.2) is 66.2 Å². The number of carbonyl (C=O) groups is 6. The molecule has 29 nitrogen and oxygen atoms in total. The first-order valence-corrected chi connectivity index (χ1v) is 38.5. The van der Waals surface area contributed by atoms with Crippen molar-refractivity contribution in [1.29, 1.82) is 0 Å². The summed E-state index contributed by atoms with van der Waals surface area (Å²) in [4.78, 5) is 97.0. The van der Waals surface area contributed by atoms with E-state index in [0.717, 1.165) is 64.2 Å². The summed E-state index contributed by atoms with van der Waals surface area (Å²) in [5.74, 6) is -1.75. The molecule has 0 radical (unpaired) electrons. The van der Waals surface area contributed by atoms with Crippen LogP contribution in [0.4, 0.5) is 25.0 Å². The molecule has 0 bridgehead atoms. The Morgan fingerprint density at radius 1 is 0.465 bits per heavy atom. The Morgan fingerprint density at radius 2 is 0.802 bits per heavy atom. The average Bonchev–Trinajstić information content (AvgIpc) is 0.943. The molecule has 101 heavy (non-hydrogen) atoms. The van der Waals surface area contributed by atoms with Crippen molar-refractivity contribution in [2.45, 2.75) is 62.5 Å². The molecule has 0 aliphatic carbocycles. The first kappa shape index (κ1) is 78.7. The van der Waals surface area contributed by atoms with Crippen molar-refractivity contribution in [3.8, 4) is 0 Å². The molecule has 0 saturated carbocycles. The van der Waals surface area contributed by atoms with E-state index in [-0.39, 0.29) is 34.6 Å². The van der Waals surface area contributed by atoms with Gasteiger partial charge in [-0.1, -0.05) is 94.7 Å². The highest BCUT2D eigenvalue weighted by molar-refractivity contribution is 9.11. The molecule has 0 atom stereocenters. The van der Waals surface area contributed by atoms with Crippen molar-refractivity contribution in [2.75, 3.05) is 141 Å². The average molecular weight is 1570 g/mol. The number of aromatic nitrogens is 4. The molecule has 4 saturated heterocycles. The number of piperazine rings is 4. The number of esters is 3. The Kier molecular flexibility index (Phi) is 27.8. The number of hydrogen-bond acceptors (Lipinski definition) is 28. The van der Waals surface area contributed by atoms with E-state index in [0.29, 0.717) is 117 Å². The highest BCUT2D eigenvalue weighted by atomic mass is 79.9. The maximum atomic E-state index is 13.0. The van der Waals surface area contributed by atoms with Crippen LogP contribution in [0.5, 0.6) is 0 Å². The smallest absolute Gasteiger partial charge is 0.410 e. The summed E-state index contributed by atoms with van der Waals surface area (Å²) in [6.07, 6.45) is 5.39. The first-order valence-electron chi connectivity index (χ1n) is 31.6. The zero-order valence-corrected chi connectivity index (χ0v) is 63.5. The van der Waals surface area contributed by atoms with Gasteiger partial charge in [-0.3, -0.25) is 10.0 Å². The van der Waals surface area contributed by atoms with Crippen LogP contribution < -0.4 is 25.5 Å². The molecule has 8 aromatic rings. The van der Waals surface area contributed by atoms with Gasteiger partial charge in [0.05, 0.1) is 55.9 Å². The molecule has 4 fully saturated rings. The molecule has 4 aliphatic heterocycles. The van der Waals surface area contributed by atoms with Gasteiger partial charge in [0.25, 0.3) is 5.91 Å². The van der Waals surface area contributed by atoms with Gasteiger partial charge in [0.2, 0.25) is 20.0 Å². The van der Waals surface area contributed by atoms with Gasteiger partial charge >= 0.3 is 30.1 Å². The Balaban J connectivity index is 0.000000168. The minimum absolute atomic E-state index is 0.200. The van der Waals surface area contributed by atoms with Crippen LogP contribution in [0.2, 0.25) is 0 Å². The summed E-state index contributed by atoms with van der Waals surface area (Å²) in [5, 5.41) is 17.8. The molecule has 4 aliphatic rings. The number of halogens is 1. The fourth-order valence-corrected chi connectivity index (χ4v) is 16.7. The number of hydrogen-bond donors (Lipinski definition) is 3. The van der Waals surface area contributed by atoms with E-state index in [1.165, 1.54) is 88.7 Å². The fraction of sp³-hybridized carbons (Fsp3) is 0.415. The van der Waals surface area contributed by atoms with Crippen LogP contribution in [-0.4, -0.2) is 234 Å². The third-order valence-corrected chi connectivity index (χ3v) is 23.5. The SMILES string of the molecule is CC(C)(C)OC(=O)N1CCNCC1.COC(=O)c1cnc(Br)s1.COC(=O)c1cnc(N2CCN(C(=O)OC(C)(C)C)CC2)s1.COC(=O)c1cnc(N2CCN(S(=O)(=O)c3ccc4ccccc4c3)CC2)s1.O=C(NO)c1cnc(N2CCN(S(=O)(=O)c3ccc4ccccc4c3)CC2)s1. The van der Waals surface area contributed by atoms with E-state index in [9.17, 15) is 45.6 Å². The van der Waals surface area contributed by atoms with E-state index in [1.807, 2.05) is 112 Å². The predicted molar refractivity (Wildman–Crippen MR) is 390 cm³/mol. The number of amides is 3. The molecule has 0 spiro atoms. The number of rotatable bonds is 11. The minimum atomic E-state index is -3.58. The second kappa shape index (κ2) is 35.7. The van der Waals surface area contributed by atoms with Crippen LogP contribution in [0.25, 0.3) is 21.5 Å². The summed E-state index contributed by atoms with van der Waals surface area (Å²) in [6, 6.07) is 25.7. The van der Waals surface area contributed by atoms with Crippen molar-refractivity contribution in [1.82, 2.24) is 49.1 Å². The van der Waals surface area contributed by atoms with E-state index < -0.39 is 37.5 Å². The summed E-state index contributed by atoms with van der Waals surface area (Å²) in [5.41, 5.74) is 0.707. The fourth-order valence-electron chi connectivity index (χ4n) is 10.0. The zero-order valence-electron chi connectivity index (χ0n) is 57.0. The monoisotopic (exact) mass is 1570 g/mol. The minimum Gasteiger partial charge on any atom is -0.465 e. The largest absolute Gasteiger partial charge is 0.465 e. The van der Waals surface area contributed by atoms with Crippen LogP contribution in [0.15, 0.2) is 123 Å². The molecule has 12 rings (SSSR count). The Labute approximate surface area is 610 Å². The normalized spacial score (nSPS) is 15.4. The van der Waals surface area contributed by atoms with Crippen LogP contribution in [0, 0.1) is 0 Å². The van der Waals surface area contributed by atoms with Crippen molar-refractivity contribution in [3.05, 3.63) is 133 Å². The molecule has 544 valence electrons. The molecular formula is C65H80BrN13O16S6. The number of nitrogens with zero attached hydrogens (tertiary/aromatic N) is 11.